The van der Waals surface area contributed by atoms with Crippen LogP contribution in [0.3, 0.4) is 0 Å². The molecule has 8 heteroatoms. The van der Waals surface area contributed by atoms with E-state index in [4.69, 9.17) is 9.52 Å². The Morgan fingerprint density at radius 2 is 1.81 bits per heavy atom. The van der Waals surface area contributed by atoms with Crippen molar-refractivity contribution in [1.82, 2.24) is 4.98 Å². The zero-order chi connectivity index (χ0) is 19.6. The van der Waals surface area contributed by atoms with Gasteiger partial charge in [0, 0.05) is 29.8 Å². The lowest BCUT2D eigenvalue weighted by Gasteiger charge is -2.36. The van der Waals surface area contributed by atoms with E-state index in [9.17, 15) is 9.00 Å². The molecule has 0 spiro atoms. The van der Waals surface area contributed by atoms with Crippen molar-refractivity contribution in [3.05, 3.63) is 48.2 Å². The van der Waals surface area contributed by atoms with E-state index in [0.29, 0.717) is 16.1 Å². The number of pyridine rings is 1. The fourth-order valence-electron chi connectivity index (χ4n) is 3.08. The minimum atomic E-state index is -2.78. The maximum absolute atomic E-state index is 12.4. The van der Waals surface area contributed by atoms with Crippen LogP contribution in [0.2, 0.25) is 0 Å². The van der Waals surface area contributed by atoms with Gasteiger partial charge in [-0.25, -0.2) is 14.0 Å². The summed E-state index contributed by atoms with van der Waals surface area (Å²) in [7, 11) is -2.78. The maximum Gasteiger partial charge on any atom is 0.255 e. The number of rotatable bonds is 4. The van der Waals surface area contributed by atoms with Crippen LogP contribution in [0.15, 0.2) is 47.5 Å². The van der Waals surface area contributed by atoms with Gasteiger partial charge in [-0.1, -0.05) is 0 Å². The summed E-state index contributed by atoms with van der Waals surface area (Å²) < 4.78 is 25.0. The fraction of sp³-hybridized carbons (Fsp3) is 0.368. The topological polar surface area (TPSA) is 95.4 Å². The summed E-state index contributed by atoms with van der Waals surface area (Å²) in [4.78, 5) is 19.4. The van der Waals surface area contributed by atoms with Gasteiger partial charge in [0.15, 0.2) is 0 Å². The second-order valence-electron chi connectivity index (χ2n) is 6.89. The van der Waals surface area contributed by atoms with Crippen LogP contribution in [0.5, 0.6) is 0 Å². The number of carbonyl (C=O) groups is 1. The molecule has 2 heterocycles. The molecule has 1 aliphatic rings. The molecule has 3 rings (SSSR count). The van der Waals surface area contributed by atoms with Gasteiger partial charge < -0.3 is 15.0 Å². The largest absolute Gasteiger partial charge is 0.372 e. The highest BCUT2D eigenvalue weighted by Crippen LogP contribution is 2.20. The molecule has 1 saturated heterocycles. The molecule has 3 atom stereocenters. The van der Waals surface area contributed by atoms with Crippen LogP contribution in [-0.2, 0) is 14.5 Å². The number of morpholine rings is 1. The first kappa shape index (κ1) is 19.3. The molecule has 0 aliphatic carbocycles. The van der Waals surface area contributed by atoms with Crippen molar-refractivity contribution in [2.75, 3.05) is 29.6 Å². The first-order valence-electron chi connectivity index (χ1n) is 8.74. The molecule has 2 aromatic rings. The van der Waals surface area contributed by atoms with Crippen molar-refractivity contribution in [3.8, 4) is 0 Å². The molecule has 144 valence electrons. The Kier molecular flexibility index (Phi) is 5.48. The highest BCUT2D eigenvalue weighted by atomic mass is 32.2. The second kappa shape index (κ2) is 7.66. The maximum atomic E-state index is 12.4. The van der Waals surface area contributed by atoms with E-state index in [0.717, 1.165) is 18.9 Å². The first-order valence-corrected chi connectivity index (χ1v) is 10.7. The van der Waals surface area contributed by atoms with Crippen LogP contribution in [-0.4, -0.2) is 46.7 Å². The molecular formula is C19H24N4O3S. The highest BCUT2D eigenvalue weighted by molar-refractivity contribution is 7.91. The molecule has 0 radical (unpaired) electrons. The van der Waals surface area contributed by atoms with Crippen LogP contribution in [0, 0.1) is 4.78 Å². The summed E-state index contributed by atoms with van der Waals surface area (Å²) in [6, 6.07) is 9.94. The molecule has 1 aromatic heterocycles. The number of ether oxygens (including phenoxy) is 1. The van der Waals surface area contributed by atoms with Gasteiger partial charge in [0.2, 0.25) is 0 Å². The Balaban J connectivity index is 1.66. The number of aromatic nitrogens is 1. The molecule has 1 fully saturated rings. The van der Waals surface area contributed by atoms with E-state index < -0.39 is 9.73 Å². The Bertz CT molecular complexity index is 901. The third kappa shape index (κ3) is 4.84. The Morgan fingerprint density at radius 1 is 1.19 bits per heavy atom. The van der Waals surface area contributed by atoms with E-state index in [1.54, 1.807) is 30.5 Å². The van der Waals surface area contributed by atoms with Gasteiger partial charge in [-0.2, -0.15) is 0 Å². The lowest BCUT2D eigenvalue weighted by Crippen LogP contribution is -2.45. The molecule has 1 aromatic carbocycles. The standard InChI is InChI=1S/C19H24N4O3S/c1-13-11-23(12-14(2)26-13)18-9-6-16(10-21-18)22-19(24)15-4-7-17(8-5-15)27(3,20)25/h4-10,13-14,20H,11-12H2,1-3H3,(H,22,24). The van der Waals surface area contributed by atoms with Crippen LogP contribution < -0.4 is 10.2 Å². The number of benzene rings is 1. The lowest BCUT2D eigenvalue weighted by atomic mass is 10.2. The summed E-state index contributed by atoms with van der Waals surface area (Å²) in [6.45, 7) is 5.65. The predicted molar refractivity (Wildman–Crippen MR) is 106 cm³/mol. The molecule has 7 nitrogen and oxygen atoms in total. The molecule has 0 bridgehead atoms. The third-order valence-corrected chi connectivity index (χ3v) is 5.49. The third-order valence-electron chi connectivity index (χ3n) is 4.32. The SMILES string of the molecule is CC1CN(c2ccc(NC(=O)c3ccc(S(C)(=N)=O)cc3)cn2)CC(C)O1. The van der Waals surface area contributed by atoms with Crippen LogP contribution in [0.25, 0.3) is 0 Å². The van der Waals surface area contributed by atoms with Crippen molar-refractivity contribution in [1.29, 1.82) is 4.78 Å². The molecule has 1 amide bonds. The number of hydrogen-bond donors (Lipinski definition) is 2. The number of carbonyl (C=O) groups excluding carboxylic acids is 1. The van der Waals surface area contributed by atoms with Crippen molar-refractivity contribution in [2.24, 2.45) is 0 Å². The van der Waals surface area contributed by atoms with Gasteiger partial charge in [0.25, 0.3) is 5.91 Å². The molecule has 3 unspecified atom stereocenters. The summed E-state index contributed by atoms with van der Waals surface area (Å²) >= 11 is 0. The average Bonchev–Trinajstić information content (AvgIpc) is 2.61. The Morgan fingerprint density at radius 3 is 2.33 bits per heavy atom. The average molecular weight is 388 g/mol. The number of nitrogens with one attached hydrogen (secondary N) is 2. The summed E-state index contributed by atoms with van der Waals surface area (Å²) in [5, 5.41) is 2.80. The van der Waals surface area contributed by atoms with Gasteiger partial charge >= 0.3 is 0 Å². The normalized spacial score (nSPS) is 22.1. The van der Waals surface area contributed by atoms with E-state index in [1.165, 1.54) is 6.26 Å². The van der Waals surface area contributed by atoms with Gasteiger partial charge in [-0.15, -0.1) is 0 Å². The van der Waals surface area contributed by atoms with Crippen molar-refractivity contribution in [2.45, 2.75) is 31.0 Å². The van der Waals surface area contributed by atoms with Crippen LogP contribution in [0.4, 0.5) is 11.5 Å². The smallest absolute Gasteiger partial charge is 0.255 e. The Hall–Kier alpha value is -2.45. The van der Waals surface area contributed by atoms with Crippen molar-refractivity contribution >= 4 is 27.1 Å². The highest BCUT2D eigenvalue weighted by Gasteiger charge is 2.23. The van der Waals surface area contributed by atoms with E-state index in [1.807, 2.05) is 26.0 Å². The van der Waals surface area contributed by atoms with Crippen molar-refractivity contribution in [3.63, 3.8) is 0 Å². The van der Waals surface area contributed by atoms with Gasteiger partial charge in [0.05, 0.1) is 33.8 Å². The number of hydrogen-bond acceptors (Lipinski definition) is 6. The molecule has 0 saturated carbocycles. The minimum Gasteiger partial charge on any atom is -0.372 e. The predicted octanol–water partition coefficient (Wildman–Crippen LogP) is 2.98. The van der Waals surface area contributed by atoms with E-state index in [-0.39, 0.29) is 18.1 Å². The number of amides is 1. The lowest BCUT2D eigenvalue weighted by molar-refractivity contribution is -0.00545. The molecule has 1 aliphatic heterocycles. The minimum absolute atomic E-state index is 0.152. The zero-order valence-electron chi connectivity index (χ0n) is 15.6. The van der Waals surface area contributed by atoms with E-state index >= 15 is 0 Å². The molecular weight excluding hydrogens is 364 g/mol. The van der Waals surface area contributed by atoms with E-state index in [2.05, 4.69) is 15.2 Å². The first-order chi connectivity index (χ1) is 12.7. The van der Waals surface area contributed by atoms with Gasteiger partial charge in [-0.3, -0.25) is 4.79 Å². The van der Waals surface area contributed by atoms with Gasteiger partial charge in [-0.05, 0) is 50.2 Å². The monoisotopic (exact) mass is 388 g/mol. The molecule has 2 N–H and O–H groups in total. The summed E-state index contributed by atoms with van der Waals surface area (Å²) in [5.41, 5.74) is 1.03. The quantitative estimate of drug-likeness (QED) is 0.839. The molecule has 27 heavy (non-hydrogen) atoms. The summed E-state index contributed by atoms with van der Waals surface area (Å²) in [5.74, 6) is 0.574. The van der Waals surface area contributed by atoms with Gasteiger partial charge in [0.1, 0.15) is 5.82 Å². The fourth-order valence-corrected chi connectivity index (χ4v) is 3.74. The number of nitrogens with zero attached hydrogens (tertiary/aromatic N) is 2. The van der Waals surface area contributed by atoms with Crippen LogP contribution in [0.1, 0.15) is 24.2 Å². The second-order valence-corrected chi connectivity index (χ2v) is 9.05. The Labute approximate surface area is 159 Å². The number of anilines is 2. The van der Waals surface area contributed by atoms with Crippen molar-refractivity contribution < 1.29 is 13.7 Å². The summed E-state index contributed by atoms with van der Waals surface area (Å²) in [6.07, 6.45) is 3.29. The zero-order valence-corrected chi connectivity index (χ0v) is 16.5. The van der Waals surface area contributed by atoms with Crippen LogP contribution >= 0.6 is 0 Å².